The van der Waals surface area contributed by atoms with Gasteiger partial charge in [-0.05, 0) is 24.6 Å². The molecular formula is C23H23N5O7. The van der Waals surface area contributed by atoms with Crippen LogP contribution in [0.5, 0.6) is 0 Å². The van der Waals surface area contributed by atoms with Crippen molar-refractivity contribution in [2.45, 2.75) is 52.2 Å². The minimum absolute atomic E-state index is 0.198. The summed E-state index contributed by atoms with van der Waals surface area (Å²) in [6.07, 6.45) is -0.735. The maximum absolute atomic E-state index is 11.9. The topological polar surface area (TPSA) is 136 Å². The van der Waals surface area contributed by atoms with Gasteiger partial charge >= 0.3 is 17.9 Å². The fourth-order valence-electron chi connectivity index (χ4n) is 4.34. The van der Waals surface area contributed by atoms with Gasteiger partial charge in [0, 0.05) is 20.8 Å². The van der Waals surface area contributed by atoms with E-state index >= 15 is 0 Å². The first-order valence-electron chi connectivity index (χ1n) is 11.0. The quantitative estimate of drug-likeness (QED) is 0.307. The molecule has 3 aromatic heterocycles. The van der Waals surface area contributed by atoms with Crippen LogP contribution >= 0.6 is 0 Å². The first-order chi connectivity index (χ1) is 16.7. The second kappa shape index (κ2) is 8.62. The van der Waals surface area contributed by atoms with Gasteiger partial charge < -0.3 is 18.9 Å². The Labute approximate surface area is 198 Å². The summed E-state index contributed by atoms with van der Waals surface area (Å²) in [6.45, 7) is 5.53. The molecule has 12 nitrogen and oxygen atoms in total. The monoisotopic (exact) mass is 481 g/mol. The van der Waals surface area contributed by atoms with Crippen molar-refractivity contribution in [2.75, 3.05) is 6.61 Å². The van der Waals surface area contributed by atoms with Crippen LogP contribution in [0.4, 0.5) is 0 Å². The van der Waals surface area contributed by atoms with Gasteiger partial charge in [0.1, 0.15) is 19.0 Å². The molecule has 0 bridgehead atoms. The van der Waals surface area contributed by atoms with Crippen molar-refractivity contribution in [3.63, 3.8) is 0 Å². The Bertz CT molecular complexity index is 1480. The van der Waals surface area contributed by atoms with Gasteiger partial charge in [0.15, 0.2) is 35.2 Å². The highest BCUT2D eigenvalue weighted by atomic mass is 16.7. The van der Waals surface area contributed by atoms with Crippen LogP contribution in [0, 0.1) is 6.92 Å². The SMILES string of the molecule is CC(=O)OC[C@H]1O[C@@H](n2cnc3c2ncn2c4cc(C)ccc4nc32)[C@H](OC(C)=O)[C@@H]1OC(C)=O. The number of carbonyl (C=O) groups excluding carboxylic acids is 3. The Morgan fingerprint density at radius 3 is 2.43 bits per heavy atom. The number of rotatable bonds is 5. The molecule has 182 valence electrons. The highest BCUT2D eigenvalue weighted by Crippen LogP contribution is 2.36. The van der Waals surface area contributed by atoms with E-state index in [0.717, 1.165) is 16.6 Å². The van der Waals surface area contributed by atoms with Crippen LogP contribution < -0.4 is 0 Å². The molecule has 0 amide bonds. The standard InChI is InChI=1S/C23H23N5O7/c1-11-5-6-15-16(7-11)27-10-25-21-18(22(27)26-15)24-9-28(21)23-20(34-14(4)31)19(33-13(3)30)17(35-23)8-32-12(2)29/h5-7,9-10,17,19-20,23H,8H2,1-4H3/t17-,19-,20-,23-/m1/s1. The number of carbonyl (C=O) groups is 3. The van der Waals surface area contributed by atoms with Crippen LogP contribution in [0.1, 0.15) is 32.6 Å². The molecule has 35 heavy (non-hydrogen) atoms. The number of fused-ring (bicyclic) bond motifs is 5. The zero-order chi connectivity index (χ0) is 24.9. The number of imidazole rings is 2. The third-order valence-corrected chi connectivity index (χ3v) is 5.73. The number of aryl methyl sites for hydroxylation is 1. The Balaban J connectivity index is 1.60. The third kappa shape index (κ3) is 4.05. The molecule has 1 aliphatic rings. The number of nitrogens with zero attached hydrogens (tertiary/aromatic N) is 5. The van der Waals surface area contributed by atoms with Crippen molar-refractivity contribution in [2.24, 2.45) is 0 Å². The van der Waals surface area contributed by atoms with E-state index in [1.165, 1.54) is 27.1 Å². The van der Waals surface area contributed by atoms with E-state index in [1.54, 1.807) is 10.9 Å². The highest BCUT2D eigenvalue weighted by Gasteiger charge is 2.51. The van der Waals surface area contributed by atoms with Crippen LogP contribution in [0.25, 0.3) is 27.8 Å². The normalized spacial score (nSPS) is 22.1. The fourth-order valence-corrected chi connectivity index (χ4v) is 4.34. The molecular weight excluding hydrogens is 458 g/mol. The second-order valence-corrected chi connectivity index (χ2v) is 8.38. The largest absolute Gasteiger partial charge is 0.463 e. The summed E-state index contributed by atoms with van der Waals surface area (Å²) < 4.78 is 25.6. The summed E-state index contributed by atoms with van der Waals surface area (Å²) in [6, 6.07) is 5.92. The molecule has 4 atom stereocenters. The van der Waals surface area contributed by atoms with Crippen LogP contribution in [0.3, 0.4) is 0 Å². The van der Waals surface area contributed by atoms with Gasteiger partial charge in [-0.3, -0.25) is 23.4 Å². The highest BCUT2D eigenvalue weighted by molar-refractivity contribution is 5.92. The van der Waals surface area contributed by atoms with Gasteiger partial charge in [0.25, 0.3) is 0 Å². The first kappa shape index (κ1) is 22.7. The van der Waals surface area contributed by atoms with Crippen LogP contribution in [0.15, 0.2) is 30.9 Å². The molecule has 0 unspecified atom stereocenters. The second-order valence-electron chi connectivity index (χ2n) is 8.38. The maximum atomic E-state index is 11.9. The maximum Gasteiger partial charge on any atom is 0.303 e. The van der Waals surface area contributed by atoms with Gasteiger partial charge in [-0.15, -0.1) is 0 Å². The van der Waals surface area contributed by atoms with Crippen LogP contribution in [0.2, 0.25) is 0 Å². The first-order valence-corrected chi connectivity index (χ1v) is 11.0. The molecule has 1 fully saturated rings. The third-order valence-electron chi connectivity index (χ3n) is 5.73. The van der Waals surface area contributed by atoms with Gasteiger partial charge in [0.2, 0.25) is 0 Å². The number of benzene rings is 1. The van der Waals surface area contributed by atoms with Gasteiger partial charge in [-0.2, -0.15) is 0 Å². The summed E-state index contributed by atoms with van der Waals surface area (Å²) in [4.78, 5) is 48.9. The van der Waals surface area contributed by atoms with E-state index in [2.05, 4.69) is 9.97 Å². The molecule has 5 rings (SSSR count). The molecule has 1 saturated heterocycles. The van der Waals surface area contributed by atoms with E-state index < -0.39 is 42.4 Å². The van der Waals surface area contributed by atoms with Crippen molar-refractivity contribution >= 4 is 45.8 Å². The van der Waals surface area contributed by atoms with Crippen molar-refractivity contribution in [3.05, 3.63) is 36.4 Å². The van der Waals surface area contributed by atoms with Crippen molar-refractivity contribution < 1.29 is 33.3 Å². The molecule has 12 heteroatoms. The molecule has 1 aromatic carbocycles. The molecule has 0 aliphatic carbocycles. The zero-order valence-corrected chi connectivity index (χ0v) is 19.5. The number of hydrogen-bond acceptors (Lipinski definition) is 10. The fraction of sp³-hybridized carbons (Fsp3) is 0.391. The van der Waals surface area contributed by atoms with E-state index in [0.29, 0.717) is 16.8 Å². The Morgan fingerprint density at radius 1 is 0.971 bits per heavy atom. The van der Waals surface area contributed by atoms with Crippen LogP contribution in [-0.4, -0.2) is 66.7 Å². The van der Waals surface area contributed by atoms with E-state index in [-0.39, 0.29) is 6.61 Å². The lowest BCUT2D eigenvalue weighted by Crippen LogP contribution is -2.40. The smallest absolute Gasteiger partial charge is 0.303 e. The predicted octanol–water partition coefficient (Wildman–Crippen LogP) is 1.86. The Kier molecular flexibility index (Phi) is 5.59. The molecule has 0 N–H and O–H groups in total. The lowest BCUT2D eigenvalue weighted by atomic mass is 10.1. The molecule has 0 radical (unpaired) electrons. The van der Waals surface area contributed by atoms with Crippen molar-refractivity contribution in [1.29, 1.82) is 0 Å². The summed E-state index contributed by atoms with van der Waals surface area (Å²) >= 11 is 0. The van der Waals surface area contributed by atoms with Crippen LogP contribution in [-0.2, 0) is 33.3 Å². The number of ether oxygens (including phenoxy) is 4. The molecule has 4 aromatic rings. The van der Waals surface area contributed by atoms with Gasteiger partial charge in [-0.25, -0.2) is 15.0 Å². The predicted molar refractivity (Wildman–Crippen MR) is 120 cm³/mol. The van der Waals surface area contributed by atoms with Gasteiger partial charge in [0.05, 0.1) is 17.4 Å². The molecule has 4 heterocycles. The minimum atomic E-state index is -1.03. The zero-order valence-electron chi connectivity index (χ0n) is 19.5. The van der Waals surface area contributed by atoms with E-state index in [1.807, 2.05) is 29.5 Å². The average molecular weight is 481 g/mol. The van der Waals surface area contributed by atoms with Crippen molar-refractivity contribution in [1.82, 2.24) is 23.9 Å². The van der Waals surface area contributed by atoms with E-state index in [9.17, 15) is 14.4 Å². The summed E-state index contributed by atoms with van der Waals surface area (Å²) in [5.74, 6) is -1.72. The number of aromatic nitrogens is 5. The summed E-state index contributed by atoms with van der Waals surface area (Å²) in [5, 5.41) is 0. The van der Waals surface area contributed by atoms with Crippen molar-refractivity contribution in [3.8, 4) is 0 Å². The molecule has 1 aliphatic heterocycles. The molecule has 0 saturated carbocycles. The number of esters is 3. The Morgan fingerprint density at radius 2 is 1.71 bits per heavy atom. The Hall–Kier alpha value is -4.06. The van der Waals surface area contributed by atoms with Gasteiger partial charge in [-0.1, -0.05) is 6.07 Å². The average Bonchev–Trinajstić information content (AvgIpc) is 3.45. The lowest BCUT2D eigenvalue weighted by molar-refractivity contribution is -0.166. The van der Waals surface area contributed by atoms with E-state index in [4.69, 9.17) is 23.9 Å². The summed E-state index contributed by atoms with van der Waals surface area (Å²) in [5.41, 5.74) is 4.33. The summed E-state index contributed by atoms with van der Waals surface area (Å²) in [7, 11) is 0. The lowest BCUT2D eigenvalue weighted by Gasteiger charge is -2.23. The molecule has 0 spiro atoms. The minimum Gasteiger partial charge on any atom is -0.463 e. The number of hydrogen-bond donors (Lipinski definition) is 0.